The van der Waals surface area contributed by atoms with Crippen molar-refractivity contribution in [3.05, 3.63) is 30.5 Å². The Labute approximate surface area is 112 Å². The van der Waals surface area contributed by atoms with Gasteiger partial charge < -0.3 is 9.32 Å². The lowest BCUT2D eigenvalue weighted by molar-refractivity contribution is 0.252. The van der Waals surface area contributed by atoms with E-state index < -0.39 is 0 Å². The Kier molecular flexibility index (Phi) is 3.78. The maximum absolute atomic E-state index is 5.34. The van der Waals surface area contributed by atoms with Crippen LogP contribution in [0.15, 0.2) is 29.1 Å². The van der Waals surface area contributed by atoms with Gasteiger partial charge in [0.15, 0.2) is 0 Å². The van der Waals surface area contributed by atoms with Crippen molar-refractivity contribution in [1.82, 2.24) is 20.1 Å². The zero-order valence-electron chi connectivity index (χ0n) is 11.0. The number of rotatable bonds is 5. The van der Waals surface area contributed by atoms with Crippen LogP contribution in [0.4, 0.5) is 5.95 Å². The third-order valence-electron chi connectivity index (χ3n) is 3.55. The molecule has 1 saturated heterocycles. The number of hydrogen-bond acceptors (Lipinski definition) is 5. The van der Waals surface area contributed by atoms with Gasteiger partial charge in [0, 0.05) is 32.6 Å². The first-order valence-electron chi connectivity index (χ1n) is 6.77. The zero-order chi connectivity index (χ0) is 12.9. The Bertz CT molecular complexity index is 456. The van der Waals surface area contributed by atoms with Crippen LogP contribution in [-0.2, 0) is 6.42 Å². The predicted molar refractivity (Wildman–Crippen MR) is 72.1 cm³/mol. The fourth-order valence-electron chi connectivity index (χ4n) is 2.47. The van der Waals surface area contributed by atoms with Gasteiger partial charge in [0.1, 0.15) is 12.1 Å². The molecule has 3 rings (SSSR count). The van der Waals surface area contributed by atoms with Gasteiger partial charge in [0.05, 0.1) is 6.26 Å². The Balaban J connectivity index is 1.38. The Morgan fingerprint density at radius 3 is 2.84 bits per heavy atom. The summed E-state index contributed by atoms with van der Waals surface area (Å²) in [5.74, 6) is 1.97. The molecule has 1 N–H and O–H groups in total. The van der Waals surface area contributed by atoms with Gasteiger partial charge in [-0.2, -0.15) is 10.1 Å². The molecule has 0 aromatic carbocycles. The summed E-state index contributed by atoms with van der Waals surface area (Å²) in [7, 11) is 0. The van der Waals surface area contributed by atoms with Crippen LogP contribution in [0.25, 0.3) is 0 Å². The molecule has 6 nitrogen and oxygen atoms in total. The maximum Gasteiger partial charge on any atom is 0.221 e. The highest BCUT2D eigenvalue weighted by Gasteiger charge is 2.18. The minimum Gasteiger partial charge on any atom is -0.469 e. The smallest absolute Gasteiger partial charge is 0.221 e. The topological polar surface area (TPSA) is 61.2 Å². The van der Waals surface area contributed by atoms with Crippen molar-refractivity contribution in [3.8, 4) is 0 Å². The van der Waals surface area contributed by atoms with Crippen LogP contribution in [0.5, 0.6) is 0 Å². The zero-order valence-corrected chi connectivity index (χ0v) is 11.0. The van der Waals surface area contributed by atoms with Crippen LogP contribution in [-0.4, -0.2) is 52.8 Å². The summed E-state index contributed by atoms with van der Waals surface area (Å²) < 4.78 is 5.34. The number of aromatic nitrogens is 3. The van der Waals surface area contributed by atoms with E-state index >= 15 is 0 Å². The van der Waals surface area contributed by atoms with Crippen LogP contribution in [0.3, 0.4) is 0 Å². The van der Waals surface area contributed by atoms with Crippen LogP contribution in [0.1, 0.15) is 12.2 Å². The van der Waals surface area contributed by atoms with Crippen molar-refractivity contribution in [2.24, 2.45) is 0 Å². The number of anilines is 1. The fourth-order valence-corrected chi connectivity index (χ4v) is 2.47. The molecular weight excluding hydrogens is 242 g/mol. The molecule has 102 valence electrons. The first-order chi connectivity index (χ1) is 9.42. The van der Waals surface area contributed by atoms with Crippen molar-refractivity contribution < 1.29 is 4.42 Å². The van der Waals surface area contributed by atoms with Gasteiger partial charge in [0.2, 0.25) is 5.95 Å². The number of furan rings is 1. The van der Waals surface area contributed by atoms with E-state index in [0.717, 1.165) is 57.3 Å². The lowest BCUT2D eigenvalue weighted by Crippen LogP contribution is -2.47. The quantitative estimate of drug-likeness (QED) is 0.875. The average molecular weight is 261 g/mol. The van der Waals surface area contributed by atoms with Crippen molar-refractivity contribution in [2.45, 2.75) is 12.8 Å². The molecule has 0 aliphatic carbocycles. The third-order valence-corrected chi connectivity index (χ3v) is 3.55. The first-order valence-corrected chi connectivity index (χ1v) is 6.77. The van der Waals surface area contributed by atoms with Crippen molar-refractivity contribution in [1.29, 1.82) is 0 Å². The molecule has 0 radical (unpaired) electrons. The highest BCUT2D eigenvalue weighted by atomic mass is 16.3. The van der Waals surface area contributed by atoms with Crippen LogP contribution < -0.4 is 4.90 Å². The van der Waals surface area contributed by atoms with Gasteiger partial charge >= 0.3 is 0 Å². The molecule has 1 aliphatic rings. The lowest BCUT2D eigenvalue weighted by atomic mass is 10.2. The molecule has 0 unspecified atom stereocenters. The largest absolute Gasteiger partial charge is 0.469 e. The molecule has 1 fully saturated rings. The third kappa shape index (κ3) is 3.14. The molecule has 6 heteroatoms. The van der Waals surface area contributed by atoms with Gasteiger partial charge in [-0.05, 0) is 25.1 Å². The van der Waals surface area contributed by atoms with E-state index in [1.807, 2.05) is 12.1 Å². The minimum atomic E-state index is 0.884. The molecule has 2 aromatic rings. The second kappa shape index (κ2) is 5.88. The van der Waals surface area contributed by atoms with Gasteiger partial charge in [-0.1, -0.05) is 0 Å². The monoisotopic (exact) mass is 261 g/mol. The molecule has 19 heavy (non-hydrogen) atoms. The molecule has 0 bridgehead atoms. The summed E-state index contributed by atoms with van der Waals surface area (Å²) in [5, 5.41) is 6.81. The standard InChI is InChI=1S/C13H19N5O/c1(3-12-4-2-10-19-12)5-17-6-8-18(9-7-17)13-14-11-15-16-13/h2,4,10-11H,1,3,5-9H2,(H,14,15,16). The fraction of sp³-hybridized carbons (Fsp3) is 0.538. The van der Waals surface area contributed by atoms with Gasteiger partial charge in [-0.25, -0.2) is 5.10 Å². The number of H-pyrrole nitrogens is 1. The Morgan fingerprint density at radius 2 is 2.16 bits per heavy atom. The van der Waals surface area contributed by atoms with E-state index in [1.54, 1.807) is 12.6 Å². The minimum absolute atomic E-state index is 0.884. The maximum atomic E-state index is 5.34. The Morgan fingerprint density at radius 1 is 1.26 bits per heavy atom. The molecule has 0 atom stereocenters. The van der Waals surface area contributed by atoms with E-state index in [2.05, 4.69) is 25.0 Å². The van der Waals surface area contributed by atoms with Crippen LogP contribution in [0.2, 0.25) is 0 Å². The van der Waals surface area contributed by atoms with E-state index in [9.17, 15) is 0 Å². The summed E-state index contributed by atoms with van der Waals surface area (Å²) in [6, 6.07) is 3.99. The summed E-state index contributed by atoms with van der Waals surface area (Å²) in [5.41, 5.74) is 0. The van der Waals surface area contributed by atoms with Crippen molar-refractivity contribution in [3.63, 3.8) is 0 Å². The second-order valence-electron chi connectivity index (χ2n) is 4.82. The predicted octanol–water partition coefficient (Wildman–Crippen LogP) is 1.15. The van der Waals surface area contributed by atoms with Crippen LogP contribution in [0, 0.1) is 0 Å². The van der Waals surface area contributed by atoms with Gasteiger partial charge in [-0.15, -0.1) is 0 Å². The number of nitrogens with one attached hydrogen (secondary N) is 1. The van der Waals surface area contributed by atoms with E-state index in [-0.39, 0.29) is 0 Å². The highest BCUT2D eigenvalue weighted by molar-refractivity contribution is 5.27. The number of nitrogens with zero attached hydrogens (tertiary/aromatic N) is 4. The summed E-state index contributed by atoms with van der Waals surface area (Å²) in [6.07, 6.45) is 5.47. The normalized spacial score (nSPS) is 16.9. The number of piperazine rings is 1. The summed E-state index contributed by atoms with van der Waals surface area (Å²) in [4.78, 5) is 8.93. The molecule has 2 aromatic heterocycles. The number of hydrogen-bond donors (Lipinski definition) is 1. The van der Waals surface area contributed by atoms with Crippen molar-refractivity contribution >= 4 is 5.95 Å². The highest BCUT2D eigenvalue weighted by Crippen LogP contribution is 2.10. The molecule has 1 aliphatic heterocycles. The molecule has 0 spiro atoms. The van der Waals surface area contributed by atoms with E-state index in [4.69, 9.17) is 4.42 Å². The molecule has 0 amide bonds. The summed E-state index contributed by atoms with van der Waals surface area (Å²) in [6.45, 7) is 5.31. The van der Waals surface area contributed by atoms with E-state index in [1.165, 1.54) is 0 Å². The van der Waals surface area contributed by atoms with Gasteiger partial charge in [-0.3, -0.25) is 4.90 Å². The van der Waals surface area contributed by atoms with E-state index in [0.29, 0.717) is 0 Å². The number of aromatic amines is 1. The second-order valence-corrected chi connectivity index (χ2v) is 4.82. The molecular formula is C13H19N5O. The van der Waals surface area contributed by atoms with Crippen LogP contribution >= 0.6 is 0 Å². The average Bonchev–Trinajstić information content (AvgIpc) is 3.13. The summed E-state index contributed by atoms with van der Waals surface area (Å²) >= 11 is 0. The molecule has 0 saturated carbocycles. The molecule has 3 heterocycles. The SMILES string of the molecule is c1coc(CCCN2CCN(c3ncn[nH]3)CC2)c1. The van der Waals surface area contributed by atoms with Gasteiger partial charge in [0.25, 0.3) is 0 Å². The number of aryl methyl sites for hydroxylation is 1. The first kappa shape index (κ1) is 12.2. The lowest BCUT2D eigenvalue weighted by Gasteiger charge is -2.34. The Hall–Kier alpha value is -1.82. The van der Waals surface area contributed by atoms with Crippen molar-refractivity contribution in [2.75, 3.05) is 37.6 Å².